The topological polar surface area (TPSA) is 111 Å². The van der Waals surface area contributed by atoms with E-state index in [2.05, 4.69) is 15.3 Å². The minimum absolute atomic E-state index is 0.0369. The largest absolute Gasteiger partial charge is 0.493 e. The highest BCUT2D eigenvalue weighted by atomic mass is 32.1. The first-order valence-corrected chi connectivity index (χ1v) is 10.1. The Labute approximate surface area is 177 Å². The molecule has 0 aliphatic rings. The molecule has 0 saturated heterocycles. The predicted molar refractivity (Wildman–Crippen MR) is 112 cm³/mol. The Hall–Kier alpha value is -3.46. The molecule has 2 N–H and O–H groups in total. The second-order valence-corrected chi connectivity index (χ2v) is 7.58. The zero-order chi connectivity index (χ0) is 21.5. The van der Waals surface area contributed by atoms with Gasteiger partial charge in [-0.2, -0.15) is 0 Å². The van der Waals surface area contributed by atoms with E-state index in [1.54, 1.807) is 23.7 Å². The Morgan fingerprint density at radius 3 is 2.47 bits per heavy atom. The van der Waals surface area contributed by atoms with E-state index in [1.165, 1.54) is 29.7 Å². The van der Waals surface area contributed by atoms with Crippen molar-refractivity contribution in [2.75, 3.05) is 11.9 Å². The van der Waals surface area contributed by atoms with E-state index in [-0.39, 0.29) is 18.0 Å². The molecule has 1 aromatic carbocycles. The number of carboxylic acids is 1. The maximum Gasteiger partial charge on any atom is 0.337 e. The number of aromatic nitrogens is 2. The molecule has 3 rings (SSSR count). The Morgan fingerprint density at radius 2 is 1.87 bits per heavy atom. The average molecular weight is 427 g/mol. The van der Waals surface area contributed by atoms with Gasteiger partial charge in [-0.3, -0.25) is 4.79 Å². The highest BCUT2D eigenvalue weighted by Gasteiger charge is 2.13. The first kappa shape index (κ1) is 21.3. The van der Waals surface area contributed by atoms with Crippen LogP contribution in [0.5, 0.6) is 11.5 Å². The number of hydrogen-bond acceptors (Lipinski definition) is 7. The Bertz CT molecular complexity index is 1000. The van der Waals surface area contributed by atoms with Crippen LogP contribution in [0.1, 0.15) is 40.3 Å². The van der Waals surface area contributed by atoms with Crippen molar-refractivity contribution in [2.45, 2.75) is 20.5 Å². The number of amides is 1. The van der Waals surface area contributed by atoms with Crippen LogP contribution in [0.2, 0.25) is 0 Å². The molecule has 0 atom stereocenters. The molecular weight excluding hydrogens is 406 g/mol. The molecule has 0 aliphatic carbocycles. The van der Waals surface area contributed by atoms with Gasteiger partial charge in [0.1, 0.15) is 23.9 Å². The van der Waals surface area contributed by atoms with Crippen molar-refractivity contribution in [3.05, 3.63) is 64.2 Å². The van der Waals surface area contributed by atoms with Crippen molar-refractivity contribution >= 4 is 29.0 Å². The first-order valence-electron chi connectivity index (χ1n) is 9.19. The number of carboxylic acid groups (broad SMARTS) is 1. The second kappa shape index (κ2) is 9.84. The van der Waals surface area contributed by atoms with Gasteiger partial charge in [0.2, 0.25) is 0 Å². The average Bonchev–Trinajstić information content (AvgIpc) is 3.24. The lowest BCUT2D eigenvalue weighted by Crippen LogP contribution is -2.14. The van der Waals surface area contributed by atoms with Crippen LogP contribution in [0.25, 0.3) is 0 Å². The summed E-state index contributed by atoms with van der Waals surface area (Å²) in [7, 11) is 0. The third-order valence-electron chi connectivity index (χ3n) is 3.85. The maximum atomic E-state index is 12.7. The molecule has 0 radical (unpaired) electrons. The maximum absolute atomic E-state index is 12.7. The SMILES string of the molecule is CC(C)COc1cc(OCc2cscn2)cc(C(=O)Nc2ccc(C(=O)O)cn2)c1. The number of rotatable bonds is 9. The van der Waals surface area contributed by atoms with Crippen LogP contribution in [0.15, 0.2) is 47.4 Å². The van der Waals surface area contributed by atoms with Gasteiger partial charge in [-0.05, 0) is 30.2 Å². The number of hydrogen-bond donors (Lipinski definition) is 2. The lowest BCUT2D eigenvalue weighted by Gasteiger charge is -2.13. The number of nitrogens with one attached hydrogen (secondary N) is 1. The van der Waals surface area contributed by atoms with Crippen molar-refractivity contribution in [2.24, 2.45) is 5.92 Å². The Balaban J connectivity index is 1.77. The van der Waals surface area contributed by atoms with Gasteiger partial charge in [-0.25, -0.2) is 14.8 Å². The van der Waals surface area contributed by atoms with Gasteiger partial charge in [0.25, 0.3) is 5.91 Å². The number of ether oxygens (including phenoxy) is 2. The standard InChI is InChI=1S/C21H21N3O5S/c1-13(2)9-28-17-5-15(6-18(7-17)29-10-16-11-30-12-23-16)20(25)24-19-4-3-14(8-22-19)21(26)27/h3-8,11-13H,9-10H2,1-2H3,(H,26,27)(H,22,24,25). The summed E-state index contributed by atoms with van der Waals surface area (Å²) in [6.07, 6.45) is 1.18. The predicted octanol–water partition coefficient (Wildman–Crippen LogP) is 4.10. The molecule has 30 heavy (non-hydrogen) atoms. The quantitative estimate of drug-likeness (QED) is 0.529. The van der Waals surface area contributed by atoms with Crippen molar-refractivity contribution in [1.82, 2.24) is 9.97 Å². The molecule has 0 saturated carbocycles. The van der Waals surface area contributed by atoms with E-state index in [9.17, 15) is 9.59 Å². The van der Waals surface area contributed by atoms with E-state index in [0.717, 1.165) is 5.69 Å². The van der Waals surface area contributed by atoms with Crippen LogP contribution in [-0.2, 0) is 6.61 Å². The molecular formula is C21H21N3O5S. The molecule has 8 nitrogen and oxygen atoms in total. The third kappa shape index (κ3) is 6.02. The van der Waals surface area contributed by atoms with Crippen LogP contribution in [0.3, 0.4) is 0 Å². The summed E-state index contributed by atoms with van der Waals surface area (Å²) in [4.78, 5) is 31.8. The molecule has 0 unspecified atom stereocenters. The number of pyridine rings is 1. The molecule has 3 aromatic rings. The summed E-state index contributed by atoms with van der Waals surface area (Å²) in [5.41, 5.74) is 2.88. The van der Waals surface area contributed by atoms with Gasteiger partial charge in [0.05, 0.1) is 23.4 Å². The molecule has 9 heteroatoms. The Kier molecular flexibility index (Phi) is 6.97. The van der Waals surface area contributed by atoms with Crippen molar-refractivity contribution in [3.63, 3.8) is 0 Å². The van der Waals surface area contributed by atoms with Crippen molar-refractivity contribution in [3.8, 4) is 11.5 Å². The van der Waals surface area contributed by atoms with Crippen LogP contribution >= 0.6 is 11.3 Å². The molecule has 0 fully saturated rings. The van der Waals surface area contributed by atoms with E-state index in [1.807, 2.05) is 19.2 Å². The fraction of sp³-hybridized carbons (Fsp3) is 0.238. The highest BCUT2D eigenvalue weighted by molar-refractivity contribution is 7.07. The second-order valence-electron chi connectivity index (χ2n) is 6.86. The van der Waals surface area contributed by atoms with Gasteiger partial charge < -0.3 is 19.9 Å². The minimum atomic E-state index is -1.09. The fourth-order valence-corrected chi connectivity index (χ4v) is 2.92. The molecule has 0 spiro atoms. The number of anilines is 1. The third-order valence-corrected chi connectivity index (χ3v) is 4.48. The molecule has 2 aromatic heterocycles. The van der Waals surface area contributed by atoms with E-state index < -0.39 is 11.9 Å². The van der Waals surface area contributed by atoms with Gasteiger partial charge in [0.15, 0.2) is 0 Å². The summed E-state index contributed by atoms with van der Waals surface area (Å²) in [5, 5.41) is 13.5. The van der Waals surface area contributed by atoms with Crippen LogP contribution in [-0.4, -0.2) is 33.6 Å². The summed E-state index contributed by atoms with van der Waals surface area (Å²) in [6, 6.07) is 7.76. The summed E-state index contributed by atoms with van der Waals surface area (Å²) in [5.74, 6) is 0.0426. The van der Waals surface area contributed by atoms with Crippen LogP contribution in [0.4, 0.5) is 5.82 Å². The number of aromatic carboxylic acids is 1. The highest BCUT2D eigenvalue weighted by Crippen LogP contribution is 2.25. The van der Waals surface area contributed by atoms with Gasteiger partial charge in [0, 0.05) is 23.2 Å². The zero-order valence-electron chi connectivity index (χ0n) is 16.5. The molecule has 1 amide bonds. The van der Waals surface area contributed by atoms with E-state index in [4.69, 9.17) is 14.6 Å². The lowest BCUT2D eigenvalue weighted by molar-refractivity contribution is 0.0696. The monoisotopic (exact) mass is 427 g/mol. The van der Waals surface area contributed by atoms with Gasteiger partial charge >= 0.3 is 5.97 Å². The van der Waals surface area contributed by atoms with Crippen LogP contribution in [0, 0.1) is 5.92 Å². The molecule has 2 heterocycles. The number of thiazole rings is 1. The van der Waals surface area contributed by atoms with Crippen LogP contribution < -0.4 is 14.8 Å². The first-order chi connectivity index (χ1) is 14.4. The molecule has 0 bridgehead atoms. The van der Waals surface area contributed by atoms with Gasteiger partial charge in [-0.1, -0.05) is 13.8 Å². The normalized spacial score (nSPS) is 10.6. The number of benzene rings is 1. The van der Waals surface area contributed by atoms with Gasteiger partial charge in [-0.15, -0.1) is 11.3 Å². The summed E-state index contributed by atoms with van der Waals surface area (Å²) in [6.45, 7) is 4.83. The summed E-state index contributed by atoms with van der Waals surface area (Å²) < 4.78 is 11.6. The zero-order valence-corrected chi connectivity index (χ0v) is 17.3. The number of nitrogens with zero attached hydrogens (tertiary/aromatic N) is 2. The number of carbonyl (C=O) groups excluding carboxylic acids is 1. The van der Waals surface area contributed by atoms with Crippen molar-refractivity contribution in [1.29, 1.82) is 0 Å². The van der Waals surface area contributed by atoms with Crippen molar-refractivity contribution < 1.29 is 24.2 Å². The molecule has 156 valence electrons. The molecule has 0 aliphatic heterocycles. The smallest absolute Gasteiger partial charge is 0.337 e. The minimum Gasteiger partial charge on any atom is -0.493 e. The fourth-order valence-electron chi connectivity index (χ4n) is 2.38. The van der Waals surface area contributed by atoms with E-state index in [0.29, 0.717) is 29.6 Å². The Morgan fingerprint density at radius 1 is 1.10 bits per heavy atom. The number of carbonyl (C=O) groups is 2. The lowest BCUT2D eigenvalue weighted by atomic mass is 10.1. The summed E-state index contributed by atoms with van der Waals surface area (Å²) >= 11 is 1.48. The van der Waals surface area contributed by atoms with E-state index >= 15 is 0 Å².